The number of methoxy groups -OCH3 is 1. The molecule has 0 aromatic carbocycles. The van der Waals surface area contributed by atoms with Crippen LogP contribution in [0.2, 0.25) is 0 Å². The van der Waals surface area contributed by atoms with Gasteiger partial charge in [-0.25, -0.2) is 0 Å². The Bertz CT molecular complexity index is 341. The van der Waals surface area contributed by atoms with Gasteiger partial charge in [-0.05, 0) is 0 Å². The summed E-state index contributed by atoms with van der Waals surface area (Å²) >= 11 is 0. The van der Waals surface area contributed by atoms with Crippen molar-refractivity contribution in [3.63, 3.8) is 0 Å². The molecule has 7 nitrogen and oxygen atoms in total. The molecule has 0 aliphatic carbocycles. The largest absolute Gasteiger partial charge is 0.377 e. The average Bonchev–Trinajstić information content (AvgIpc) is 2.68. The highest BCUT2D eigenvalue weighted by molar-refractivity contribution is 5.78. The predicted molar refractivity (Wildman–Crippen MR) is 48.8 cm³/mol. The van der Waals surface area contributed by atoms with Crippen LogP contribution < -0.4 is 10.6 Å². The van der Waals surface area contributed by atoms with Crippen LogP contribution in [0.3, 0.4) is 0 Å². The fourth-order valence-corrected chi connectivity index (χ4v) is 1.34. The Morgan fingerprint density at radius 2 is 2.53 bits per heavy atom. The topological polar surface area (TPSA) is 89.3 Å². The van der Waals surface area contributed by atoms with Gasteiger partial charge in [0.05, 0.1) is 6.54 Å². The summed E-state index contributed by atoms with van der Waals surface area (Å²) in [6, 6.07) is -0.110. The minimum absolute atomic E-state index is 0.0251. The minimum Gasteiger partial charge on any atom is -0.377 e. The summed E-state index contributed by atoms with van der Waals surface area (Å²) in [7, 11) is 1.56. The molecule has 0 radical (unpaired) electrons. The first kappa shape index (κ1) is 10.1. The maximum atomic E-state index is 10.9. The molecule has 1 fully saturated rings. The Morgan fingerprint density at radius 3 is 3.20 bits per heavy atom. The molecule has 1 aromatic rings. The van der Waals surface area contributed by atoms with Gasteiger partial charge in [-0.2, -0.15) is 4.98 Å². The van der Waals surface area contributed by atoms with Crippen molar-refractivity contribution in [2.24, 2.45) is 0 Å². The maximum absolute atomic E-state index is 10.9. The van der Waals surface area contributed by atoms with Gasteiger partial charge in [0.2, 0.25) is 11.8 Å². The fourth-order valence-electron chi connectivity index (χ4n) is 1.34. The van der Waals surface area contributed by atoms with Crippen LogP contribution in [-0.2, 0) is 16.1 Å². The lowest BCUT2D eigenvalue weighted by molar-refractivity contribution is -0.121. The third-order valence-electron chi connectivity index (χ3n) is 2.07. The third-order valence-corrected chi connectivity index (χ3v) is 2.07. The van der Waals surface area contributed by atoms with E-state index >= 15 is 0 Å². The molecule has 15 heavy (non-hydrogen) atoms. The van der Waals surface area contributed by atoms with E-state index in [9.17, 15) is 4.79 Å². The molecule has 1 aliphatic rings. The first-order valence-corrected chi connectivity index (χ1v) is 4.61. The van der Waals surface area contributed by atoms with E-state index in [0.717, 1.165) is 0 Å². The summed E-state index contributed by atoms with van der Waals surface area (Å²) in [6.07, 6.45) is 0. The number of hydrogen-bond acceptors (Lipinski definition) is 6. The number of ether oxygens (including phenoxy) is 1. The zero-order chi connectivity index (χ0) is 10.7. The fraction of sp³-hybridized carbons (Fsp3) is 0.625. The SMILES string of the molecule is COCc1noc(C2CNC(=O)CN2)n1. The molecule has 0 bridgehead atoms. The van der Waals surface area contributed by atoms with Crippen molar-refractivity contribution >= 4 is 5.91 Å². The van der Waals surface area contributed by atoms with Gasteiger partial charge in [0.1, 0.15) is 12.6 Å². The lowest BCUT2D eigenvalue weighted by Gasteiger charge is -2.20. The molecule has 1 aliphatic heterocycles. The second-order valence-corrected chi connectivity index (χ2v) is 3.22. The Labute approximate surface area is 86.2 Å². The lowest BCUT2D eigenvalue weighted by atomic mass is 10.2. The maximum Gasteiger partial charge on any atom is 0.245 e. The molecule has 2 rings (SSSR count). The molecule has 1 saturated heterocycles. The van der Waals surface area contributed by atoms with Crippen LogP contribution in [0.5, 0.6) is 0 Å². The van der Waals surface area contributed by atoms with Crippen LogP contribution in [0.4, 0.5) is 0 Å². The number of carbonyl (C=O) groups is 1. The van der Waals surface area contributed by atoms with Gasteiger partial charge >= 0.3 is 0 Å². The molecule has 1 atom stereocenters. The normalized spacial score (nSPS) is 21.4. The van der Waals surface area contributed by atoms with Crippen LogP contribution in [-0.4, -0.2) is 36.2 Å². The standard InChI is InChI=1S/C8H12N4O3/c1-14-4-6-11-8(15-12-6)5-2-10-7(13)3-9-5/h5,9H,2-4H2,1H3,(H,10,13). The molecule has 1 amide bonds. The van der Waals surface area contributed by atoms with Crippen molar-refractivity contribution in [1.82, 2.24) is 20.8 Å². The van der Waals surface area contributed by atoms with Crippen LogP contribution in [0, 0.1) is 0 Å². The molecule has 7 heteroatoms. The highest BCUT2D eigenvalue weighted by atomic mass is 16.5. The molecule has 1 aromatic heterocycles. The number of nitrogens with one attached hydrogen (secondary N) is 2. The monoisotopic (exact) mass is 212 g/mol. The van der Waals surface area contributed by atoms with Gasteiger partial charge < -0.3 is 14.6 Å². The number of carbonyl (C=O) groups excluding carboxylic acids is 1. The number of amides is 1. The summed E-state index contributed by atoms with van der Waals surface area (Å²) < 4.78 is 9.91. The van der Waals surface area contributed by atoms with Crippen LogP contribution in [0.15, 0.2) is 4.52 Å². The summed E-state index contributed by atoms with van der Waals surface area (Å²) in [5.41, 5.74) is 0. The molecule has 0 spiro atoms. The van der Waals surface area contributed by atoms with Crippen molar-refractivity contribution < 1.29 is 14.1 Å². The number of hydrogen-bond donors (Lipinski definition) is 2. The molecule has 0 saturated carbocycles. The quantitative estimate of drug-likeness (QED) is 0.666. The second kappa shape index (κ2) is 4.37. The zero-order valence-electron chi connectivity index (χ0n) is 8.32. The zero-order valence-corrected chi connectivity index (χ0v) is 8.32. The van der Waals surface area contributed by atoms with E-state index in [-0.39, 0.29) is 18.5 Å². The predicted octanol–water partition coefficient (Wildman–Crippen LogP) is -1.02. The number of piperazine rings is 1. The van der Waals surface area contributed by atoms with Gasteiger partial charge in [0.25, 0.3) is 0 Å². The van der Waals surface area contributed by atoms with Crippen LogP contribution in [0.1, 0.15) is 17.8 Å². The molecule has 2 N–H and O–H groups in total. The highest BCUT2D eigenvalue weighted by Crippen LogP contribution is 2.11. The van der Waals surface area contributed by atoms with E-state index in [4.69, 9.17) is 9.26 Å². The second-order valence-electron chi connectivity index (χ2n) is 3.22. The van der Waals surface area contributed by atoms with Crippen molar-refractivity contribution in [3.8, 4) is 0 Å². The number of rotatable bonds is 3. The summed E-state index contributed by atoms with van der Waals surface area (Å²) in [6.45, 7) is 1.06. The van der Waals surface area contributed by atoms with Gasteiger partial charge in [0.15, 0.2) is 5.82 Å². The van der Waals surface area contributed by atoms with E-state index in [1.54, 1.807) is 7.11 Å². The van der Waals surface area contributed by atoms with E-state index in [1.807, 2.05) is 0 Å². The molecule has 1 unspecified atom stereocenters. The van der Waals surface area contributed by atoms with Crippen molar-refractivity contribution in [1.29, 1.82) is 0 Å². The van der Waals surface area contributed by atoms with E-state index in [0.29, 0.717) is 24.9 Å². The van der Waals surface area contributed by atoms with Crippen LogP contribution >= 0.6 is 0 Å². The summed E-state index contributed by atoms with van der Waals surface area (Å²) in [5.74, 6) is 0.955. The lowest BCUT2D eigenvalue weighted by Crippen LogP contribution is -2.47. The van der Waals surface area contributed by atoms with Gasteiger partial charge in [-0.15, -0.1) is 0 Å². The summed E-state index contributed by atoms with van der Waals surface area (Å²) in [5, 5.41) is 9.44. The Kier molecular flexibility index (Phi) is 2.93. The van der Waals surface area contributed by atoms with Crippen LogP contribution in [0.25, 0.3) is 0 Å². The Hall–Kier alpha value is -1.47. The molecule has 82 valence electrons. The highest BCUT2D eigenvalue weighted by Gasteiger charge is 2.23. The summed E-state index contributed by atoms with van der Waals surface area (Å²) in [4.78, 5) is 15.0. The molecule has 2 heterocycles. The van der Waals surface area contributed by atoms with E-state index in [2.05, 4.69) is 20.8 Å². The van der Waals surface area contributed by atoms with E-state index < -0.39 is 0 Å². The molecular weight excluding hydrogens is 200 g/mol. The third kappa shape index (κ3) is 2.31. The van der Waals surface area contributed by atoms with E-state index in [1.165, 1.54) is 0 Å². The van der Waals surface area contributed by atoms with Crippen molar-refractivity contribution in [2.45, 2.75) is 12.6 Å². The minimum atomic E-state index is -0.110. The van der Waals surface area contributed by atoms with Crippen molar-refractivity contribution in [2.75, 3.05) is 20.2 Å². The number of nitrogens with zero attached hydrogens (tertiary/aromatic N) is 2. The number of aromatic nitrogens is 2. The Morgan fingerprint density at radius 1 is 1.67 bits per heavy atom. The van der Waals surface area contributed by atoms with Gasteiger partial charge in [0, 0.05) is 13.7 Å². The van der Waals surface area contributed by atoms with Crippen molar-refractivity contribution in [3.05, 3.63) is 11.7 Å². The molecular formula is C8H12N4O3. The smallest absolute Gasteiger partial charge is 0.245 e. The van der Waals surface area contributed by atoms with Gasteiger partial charge in [-0.1, -0.05) is 5.16 Å². The first-order chi connectivity index (χ1) is 7.29. The average molecular weight is 212 g/mol. The Balaban J connectivity index is 1.99. The van der Waals surface area contributed by atoms with Gasteiger partial charge in [-0.3, -0.25) is 10.1 Å². The first-order valence-electron chi connectivity index (χ1n) is 4.61.